The standard InChI is InChI=1S/C12H10ClN3O3S/c13-8-4-2-1-3-7(8)6-14-16-12-15-11(19)9(20-12)5-10(17)18/h1-4,6,9H,5H2,(H,17,18)(H,15,16,19)/p-1/b14-6+. The van der Waals surface area contributed by atoms with E-state index < -0.39 is 17.1 Å². The minimum absolute atomic E-state index is 0.254. The summed E-state index contributed by atoms with van der Waals surface area (Å²) in [7, 11) is 0. The zero-order valence-electron chi connectivity index (χ0n) is 10.1. The Balaban J connectivity index is 2.01. The van der Waals surface area contributed by atoms with Crippen LogP contribution in [-0.2, 0) is 9.59 Å². The van der Waals surface area contributed by atoms with Crippen LogP contribution >= 0.6 is 23.4 Å². The lowest BCUT2D eigenvalue weighted by molar-refractivity contribution is -0.305. The summed E-state index contributed by atoms with van der Waals surface area (Å²) in [5.41, 5.74) is 0.694. The third-order valence-corrected chi connectivity index (χ3v) is 3.80. The molecule has 0 bridgehead atoms. The number of nitrogens with zero attached hydrogens (tertiary/aromatic N) is 2. The maximum absolute atomic E-state index is 11.4. The summed E-state index contributed by atoms with van der Waals surface area (Å²) >= 11 is 6.94. The van der Waals surface area contributed by atoms with Crippen molar-refractivity contribution in [2.75, 3.05) is 0 Å². The van der Waals surface area contributed by atoms with E-state index in [0.29, 0.717) is 10.6 Å². The monoisotopic (exact) mass is 310 g/mol. The van der Waals surface area contributed by atoms with Gasteiger partial charge in [-0.3, -0.25) is 4.79 Å². The molecule has 6 nitrogen and oxygen atoms in total. The van der Waals surface area contributed by atoms with Crippen LogP contribution < -0.4 is 10.4 Å². The van der Waals surface area contributed by atoms with Crippen molar-refractivity contribution in [1.82, 2.24) is 5.32 Å². The van der Waals surface area contributed by atoms with Gasteiger partial charge in [-0.05, 0) is 6.07 Å². The Morgan fingerprint density at radius 3 is 2.95 bits per heavy atom. The first kappa shape index (κ1) is 14.5. The topological polar surface area (TPSA) is 93.9 Å². The fourth-order valence-corrected chi connectivity index (χ4v) is 2.55. The van der Waals surface area contributed by atoms with Gasteiger partial charge >= 0.3 is 0 Å². The number of hydrogen-bond acceptors (Lipinski definition) is 6. The van der Waals surface area contributed by atoms with Gasteiger partial charge in [0.25, 0.3) is 0 Å². The van der Waals surface area contributed by atoms with E-state index in [1.807, 2.05) is 6.07 Å². The van der Waals surface area contributed by atoms with Gasteiger partial charge in [0, 0.05) is 23.0 Å². The van der Waals surface area contributed by atoms with E-state index in [9.17, 15) is 14.7 Å². The molecule has 1 amide bonds. The van der Waals surface area contributed by atoms with Crippen LogP contribution in [0.2, 0.25) is 5.02 Å². The first-order chi connectivity index (χ1) is 9.56. The first-order valence-corrected chi connectivity index (χ1v) is 6.85. The Kier molecular flexibility index (Phi) is 4.75. The molecule has 1 saturated heterocycles. The van der Waals surface area contributed by atoms with Crippen LogP contribution in [0.25, 0.3) is 0 Å². The predicted molar refractivity (Wildman–Crippen MR) is 75.6 cm³/mol. The molecule has 1 unspecified atom stereocenters. The maximum Gasteiger partial charge on any atom is 0.239 e. The highest BCUT2D eigenvalue weighted by atomic mass is 35.5. The number of nitrogens with one attached hydrogen (secondary N) is 1. The van der Waals surface area contributed by atoms with Crippen molar-refractivity contribution >= 4 is 46.6 Å². The second-order valence-corrected chi connectivity index (χ2v) is 5.44. The number of benzene rings is 1. The van der Waals surface area contributed by atoms with E-state index in [2.05, 4.69) is 15.5 Å². The molecule has 1 aromatic carbocycles. The summed E-state index contributed by atoms with van der Waals surface area (Å²) in [6, 6.07) is 7.09. The lowest BCUT2D eigenvalue weighted by atomic mass is 10.2. The van der Waals surface area contributed by atoms with Crippen molar-refractivity contribution in [3.8, 4) is 0 Å². The van der Waals surface area contributed by atoms with Gasteiger partial charge in [-0.25, -0.2) is 0 Å². The molecule has 1 fully saturated rings. The number of aliphatic carboxylic acids is 1. The molecule has 2 rings (SSSR count). The highest BCUT2D eigenvalue weighted by Crippen LogP contribution is 2.22. The number of thioether (sulfide) groups is 1. The number of amidine groups is 1. The number of carbonyl (C=O) groups excluding carboxylic acids is 2. The average molecular weight is 311 g/mol. The summed E-state index contributed by atoms with van der Waals surface area (Å²) in [6.07, 6.45) is 1.10. The molecule has 0 aliphatic carbocycles. The van der Waals surface area contributed by atoms with Crippen molar-refractivity contribution in [3.05, 3.63) is 34.9 Å². The largest absolute Gasteiger partial charge is 0.550 e. The highest BCUT2D eigenvalue weighted by molar-refractivity contribution is 8.15. The van der Waals surface area contributed by atoms with E-state index in [1.165, 1.54) is 6.21 Å². The maximum atomic E-state index is 11.4. The van der Waals surface area contributed by atoms with E-state index in [0.717, 1.165) is 11.8 Å². The van der Waals surface area contributed by atoms with Crippen LogP contribution in [0.4, 0.5) is 0 Å². The summed E-state index contributed by atoms with van der Waals surface area (Å²) < 4.78 is 0. The fraction of sp³-hybridized carbons (Fsp3) is 0.167. The van der Waals surface area contributed by atoms with Gasteiger partial charge in [0.1, 0.15) is 0 Å². The van der Waals surface area contributed by atoms with Gasteiger partial charge in [-0.2, -0.15) is 5.10 Å². The van der Waals surface area contributed by atoms with E-state index in [1.54, 1.807) is 18.2 Å². The number of rotatable bonds is 4. The van der Waals surface area contributed by atoms with Gasteiger partial charge in [0.15, 0.2) is 5.17 Å². The minimum Gasteiger partial charge on any atom is -0.550 e. The lowest BCUT2D eigenvalue weighted by Crippen LogP contribution is -2.31. The quantitative estimate of drug-likeness (QED) is 0.643. The van der Waals surface area contributed by atoms with E-state index >= 15 is 0 Å². The fourth-order valence-electron chi connectivity index (χ4n) is 1.46. The van der Waals surface area contributed by atoms with Crippen LogP contribution in [0, 0.1) is 0 Å². The van der Waals surface area contributed by atoms with Gasteiger partial charge in [-0.15, -0.1) is 5.10 Å². The molecule has 0 spiro atoms. The Bertz CT molecular complexity index is 603. The molecule has 0 aromatic heterocycles. The van der Waals surface area contributed by atoms with Crippen molar-refractivity contribution in [2.45, 2.75) is 11.7 Å². The normalized spacial score (nSPS) is 20.6. The Hall–Kier alpha value is -1.86. The van der Waals surface area contributed by atoms with Crippen LogP contribution in [0.15, 0.2) is 34.5 Å². The summed E-state index contributed by atoms with van der Waals surface area (Å²) in [4.78, 5) is 21.9. The van der Waals surface area contributed by atoms with Crippen molar-refractivity contribution in [2.24, 2.45) is 10.2 Å². The van der Waals surface area contributed by atoms with Gasteiger partial charge < -0.3 is 15.2 Å². The van der Waals surface area contributed by atoms with Crippen molar-refractivity contribution in [1.29, 1.82) is 0 Å². The van der Waals surface area contributed by atoms with Gasteiger partial charge in [0.05, 0.1) is 11.5 Å². The van der Waals surface area contributed by atoms with Gasteiger partial charge in [0.2, 0.25) is 5.91 Å². The molecule has 104 valence electrons. The number of carbonyl (C=O) groups is 2. The molecule has 0 radical (unpaired) electrons. The number of carboxylic acids is 1. The summed E-state index contributed by atoms with van der Waals surface area (Å²) in [6.45, 7) is 0. The van der Waals surface area contributed by atoms with Crippen LogP contribution in [-0.4, -0.2) is 28.5 Å². The molecule has 8 heteroatoms. The third-order valence-electron chi connectivity index (χ3n) is 2.38. The molecular weight excluding hydrogens is 302 g/mol. The zero-order valence-corrected chi connectivity index (χ0v) is 11.6. The molecule has 1 aliphatic rings. The molecular formula is C12H9ClN3O3S-. The number of halogens is 1. The number of carboxylic acid groups (broad SMARTS) is 1. The first-order valence-electron chi connectivity index (χ1n) is 5.59. The molecule has 1 aromatic rings. The number of hydrogen-bond donors (Lipinski definition) is 1. The summed E-state index contributed by atoms with van der Waals surface area (Å²) in [5, 5.41) is 20.6. The van der Waals surface area contributed by atoms with Crippen molar-refractivity contribution < 1.29 is 14.7 Å². The molecule has 0 saturated carbocycles. The van der Waals surface area contributed by atoms with Crippen molar-refractivity contribution in [3.63, 3.8) is 0 Å². The SMILES string of the molecule is O=C([O-])CC1S/C(=N/N=C/c2ccccc2Cl)NC1=O. The lowest BCUT2D eigenvalue weighted by Gasteiger charge is -2.04. The zero-order chi connectivity index (χ0) is 14.5. The third kappa shape index (κ3) is 3.82. The van der Waals surface area contributed by atoms with Crippen LogP contribution in [0.1, 0.15) is 12.0 Å². The van der Waals surface area contributed by atoms with E-state index in [-0.39, 0.29) is 11.6 Å². The smallest absolute Gasteiger partial charge is 0.239 e. The second-order valence-electron chi connectivity index (χ2n) is 3.84. The molecule has 1 heterocycles. The Labute approximate surface area is 123 Å². The molecule has 1 N–H and O–H groups in total. The summed E-state index contributed by atoms with van der Waals surface area (Å²) in [5.74, 6) is -1.69. The molecule has 1 atom stereocenters. The predicted octanol–water partition coefficient (Wildman–Crippen LogP) is 0.401. The molecule has 20 heavy (non-hydrogen) atoms. The Morgan fingerprint density at radius 1 is 1.50 bits per heavy atom. The van der Waals surface area contributed by atoms with Gasteiger partial charge in [-0.1, -0.05) is 41.6 Å². The highest BCUT2D eigenvalue weighted by Gasteiger charge is 2.30. The van der Waals surface area contributed by atoms with Crippen LogP contribution in [0.5, 0.6) is 0 Å². The molecule has 1 aliphatic heterocycles. The van der Waals surface area contributed by atoms with E-state index in [4.69, 9.17) is 11.6 Å². The van der Waals surface area contributed by atoms with Crippen LogP contribution in [0.3, 0.4) is 0 Å². The minimum atomic E-state index is -1.28. The average Bonchev–Trinajstić information content (AvgIpc) is 2.72. The Morgan fingerprint density at radius 2 is 2.25 bits per heavy atom. The number of amides is 1. The second kappa shape index (κ2) is 6.53.